The van der Waals surface area contributed by atoms with Crippen LogP contribution in [0, 0.1) is 5.82 Å². The molecule has 182 valence electrons. The third-order valence-corrected chi connectivity index (χ3v) is 7.98. The van der Waals surface area contributed by atoms with Gasteiger partial charge in [-0.15, -0.1) is 23.1 Å². The fourth-order valence-electron chi connectivity index (χ4n) is 3.89. The summed E-state index contributed by atoms with van der Waals surface area (Å²) in [5, 5.41) is 5.81. The lowest BCUT2D eigenvalue weighted by atomic mass is 9.95. The van der Waals surface area contributed by atoms with Crippen molar-refractivity contribution in [1.29, 1.82) is 0 Å². The van der Waals surface area contributed by atoms with Crippen molar-refractivity contribution in [3.8, 4) is 0 Å². The van der Waals surface area contributed by atoms with Gasteiger partial charge in [-0.1, -0.05) is 6.07 Å². The van der Waals surface area contributed by atoms with Gasteiger partial charge in [0.1, 0.15) is 10.8 Å². The third-order valence-electron chi connectivity index (χ3n) is 5.68. The molecular formula is C26H25FN2O4S2. The fraction of sp³-hybridized carbons (Fsp3) is 0.269. The Labute approximate surface area is 211 Å². The van der Waals surface area contributed by atoms with Crippen LogP contribution in [0.15, 0.2) is 53.4 Å². The highest BCUT2D eigenvalue weighted by Gasteiger charge is 2.28. The Bertz CT molecular complexity index is 1260. The molecule has 0 aliphatic heterocycles. The van der Waals surface area contributed by atoms with E-state index in [1.54, 1.807) is 25.1 Å². The Kier molecular flexibility index (Phi) is 7.87. The van der Waals surface area contributed by atoms with E-state index >= 15 is 0 Å². The maximum atomic E-state index is 13.1. The van der Waals surface area contributed by atoms with Gasteiger partial charge in [-0.3, -0.25) is 9.59 Å². The van der Waals surface area contributed by atoms with Gasteiger partial charge in [-0.05, 0) is 80.6 Å². The van der Waals surface area contributed by atoms with Gasteiger partial charge in [-0.25, -0.2) is 9.18 Å². The van der Waals surface area contributed by atoms with Gasteiger partial charge in [0, 0.05) is 21.0 Å². The van der Waals surface area contributed by atoms with Crippen molar-refractivity contribution < 1.29 is 23.5 Å². The zero-order chi connectivity index (χ0) is 24.9. The molecule has 0 bridgehead atoms. The van der Waals surface area contributed by atoms with Crippen molar-refractivity contribution in [2.75, 3.05) is 17.7 Å². The first-order chi connectivity index (χ1) is 16.9. The number of rotatable bonds is 7. The quantitative estimate of drug-likeness (QED) is 0.303. The molecule has 35 heavy (non-hydrogen) atoms. The number of carbonyl (C=O) groups excluding carboxylic acids is 3. The van der Waals surface area contributed by atoms with E-state index in [9.17, 15) is 18.8 Å². The van der Waals surface area contributed by atoms with Gasteiger partial charge in [0.15, 0.2) is 0 Å². The SMILES string of the molecule is COC(=O)c1c(NC(=O)C(C)Sc2cccc(NC(=O)c3ccc(F)cc3)c2)sc2c1CCCC2. The van der Waals surface area contributed by atoms with Crippen LogP contribution in [0.2, 0.25) is 0 Å². The Balaban J connectivity index is 1.43. The van der Waals surface area contributed by atoms with E-state index in [-0.39, 0.29) is 11.8 Å². The summed E-state index contributed by atoms with van der Waals surface area (Å²) in [4.78, 5) is 39.8. The number of benzene rings is 2. The van der Waals surface area contributed by atoms with Crippen LogP contribution >= 0.6 is 23.1 Å². The molecule has 1 unspecified atom stereocenters. The predicted octanol–water partition coefficient (Wildman–Crippen LogP) is 5.92. The zero-order valence-corrected chi connectivity index (χ0v) is 21.0. The van der Waals surface area contributed by atoms with Crippen LogP contribution in [0.1, 0.15) is 50.9 Å². The molecule has 0 saturated heterocycles. The number of methoxy groups -OCH3 is 1. The van der Waals surface area contributed by atoms with Crippen molar-refractivity contribution in [2.24, 2.45) is 0 Å². The summed E-state index contributed by atoms with van der Waals surface area (Å²) in [5.41, 5.74) is 2.38. The van der Waals surface area contributed by atoms with E-state index in [0.29, 0.717) is 21.8 Å². The average Bonchev–Trinajstić information content (AvgIpc) is 3.21. The Morgan fingerprint density at radius 2 is 1.80 bits per heavy atom. The van der Waals surface area contributed by atoms with E-state index < -0.39 is 17.0 Å². The summed E-state index contributed by atoms with van der Waals surface area (Å²) in [7, 11) is 1.35. The van der Waals surface area contributed by atoms with Crippen molar-refractivity contribution in [2.45, 2.75) is 42.8 Å². The number of thioether (sulfide) groups is 1. The lowest BCUT2D eigenvalue weighted by molar-refractivity contribution is -0.115. The van der Waals surface area contributed by atoms with E-state index in [0.717, 1.165) is 41.0 Å². The molecule has 2 aromatic carbocycles. The minimum absolute atomic E-state index is 0.223. The molecule has 0 saturated carbocycles. The molecule has 0 spiro atoms. The number of halogens is 1. The minimum Gasteiger partial charge on any atom is -0.465 e. The van der Waals surface area contributed by atoms with Crippen LogP contribution in [0.25, 0.3) is 0 Å². The number of ether oxygens (including phenoxy) is 1. The van der Waals surface area contributed by atoms with E-state index in [1.165, 1.54) is 54.5 Å². The van der Waals surface area contributed by atoms with Gasteiger partial charge in [0.25, 0.3) is 5.91 Å². The highest BCUT2D eigenvalue weighted by molar-refractivity contribution is 8.00. The van der Waals surface area contributed by atoms with Gasteiger partial charge in [0.2, 0.25) is 5.91 Å². The van der Waals surface area contributed by atoms with Crippen LogP contribution in [0.4, 0.5) is 15.1 Å². The molecule has 3 aromatic rings. The number of amides is 2. The molecule has 0 fully saturated rings. The summed E-state index contributed by atoms with van der Waals surface area (Å²) in [6.07, 6.45) is 3.80. The lowest BCUT2D eigenvalue weighted by Crippen LogP contribution is -2.23. The highest BCUT2D eigenvalue weighted by Crippen LogP contribution is 2.39. The number of esters is 1. The molecule has 9 heteroatoms. The number of hydrogen-bond donors (Lipinski definition) is 2. The van der Waals surface area contributed by atoms with E-state index in [2.05, 4.69) is 10.6 Å². The van der Waals surface area contributed by atoms with Crippen molar-refractivity contribution in [1.82, 2.24) is 0 Å². The molecule has 4 rings (SSSR count). The largest absolute Gasteiger partial charge is 0.465 e. The smallest absolute Gasteiger partial charge is 0.341 e. The molecule has 1 aliphatic carbocycles. The molecule has 1 aliphatic rings. The normalized spacial score (nSPS) is 13.5. The topological polar surface area (TPSA) is 84.5 Å². The molecule has 2 N–H and O–H groups in total. The molecule has 6 nitrogen and oxygen atoms in total. The second-order valence-electron chi connectivity index (χ2n) is 8.14. The fourth-order valence-corrected chi connectivity index (χ4v) is 6.10. The van der Waals surface area contributed by atoms with Crippen LogP contribution < -0.4 is 10.6 Å². The number of fused-ring (bicyclic) bond motifs is 1. The average molecular weight is 513 g/mol. The predicted molar refractivity (Wildman–Crippen MR) is 137 cm³/mol. The number of aryl methyl sites for hydroxylation is 1. The van der Waals surface area contributed by atoms with Gasteiger partial charge in [-0.2, -0.15) is 0 Å². The maximum absolute atomic E-state index is 13.1. The van der Waals surface area contributed by atoms with Crippen LogP contribution in [0.5, 0.6) is 0 Å². The summed E-state index contributed by atoms with van der Waals surface area (Å²) in [5.74, 6) is -1.41. The minimum atomic E-state index is -0.456. The third kappa shape index (κ3) is 5.91. The maximum Gasteiger partial charge on any atom is 0.341 e. The molecule has 1 heterocycles. The molecule has 2 amide bonds. The van der Waals surface area contributed by atoms with Gasteiger partial charge >= 0.3 is 5.97 Å². The lowest BCUT2D eigenvalue weighted by Gasteiger charge is -2.14. The second kappa shape index (κ2) is 11.0. The number of anilines is 2. The monoisotopic (exact) mass is 512 g/mol. The second-order valence-corrected chi connectivity index (χ2v) is 10.7. The molecule has 1 atom stereocenters. The number of carbonyl (C=O) groups is 3. The molecule has 0 radical (unpaired) electrons. The Morgan fingerprint density at radius 1 is 1.06 bits per heavy atom. The standard InChI is InChI=1S/C26H25FN2O4S2/c1-15(23(30)29-25-22(26(32)33-2)20-8-3-4-9-21(20)35-25)34-19-7-5-6-18(14-19)28-24(31)16-10-12-17(27)13-11-16/h5-7,10-15H,3-4,8-9H2,1-2H3,(H,28,31)(H,29,30). The first-order valence-electron chi connectivity index (χ1n) is 11.2. The van der Waals surface area contributed by atoms with Gasteiger partial charge in [0.05, 0.1) is 17.9 Å². The first kappa shape index (κ1) is 24.9. The van der Waals surface area contributed by atoms with Crippen molar-refractivity contribution >= 4 is 51.6 Å². The highest BCUT2D eigenvalue weighted by atomic mass is 32.2. The van der Waals surface area contributed by atoms with Crippen LogP contribution in [-0.4, -0.2) is 30.1 Å². The summed E-state index contributed by atoms with van der Waals surface area (Å²) in [6, 6.07) is 12.5. The van der Waals surface area contributed by atoms with Gasteiger partial charge < -0.3 is 15.4 Å². The van der Waals surface area contributed by atoms with E-state index in [1.807, 2.05) is 6.07 Å². The molecular weight excluding hydrogens is 487 g/mol. The number of nitrogens with one attached hydrogen (secondary N) is 2. The molecule has 1 aromatic heterocycles. The first-order valence-corrected chi connectivity index (χ1v) is 12.9. The van der Waals surface area contributed by atoms with Crippen molar-refractivity contribution in [3.05, 3.63) is 75.9 Å². The van der Waals surface area contributed by atoms with E-state index in [4.69, 9.17) is 4.74 Å². The Hall–Kier alpha value is -3.17. The summed E-state index contributed by atoms with van der Waals surface area (Å²) >= 11 is 2.79. The number of thiophene rings is 1. The van der Waals surface area contributed by atoms with Crippen LogP contribution in [-0.2, 0) is 22.4 Å². The van der Waals surface area contributed by atoms with Crippen LogP contribution in [0.3, 0.4) is 0 Å². The summed E-state index contributed by atoms with van der Waals surface area (Å²) in [6.45, 7) is 1.79. The zero-order valence-electron chi connectivity index (χ0n) is 19.4. The number of hydrogen-bond acceptors (Lipinski definition) is 6. The van der Waals surface area contributed by atoms with Crippen molar-refractivity contribution in [3.63, 3.8) is 0 Å². The Morgan fingerprint density at radius 3 is 2.54 bits per heavy atom. The summed E-state index contributed by atoms with van der Waals surface area (Å²) < 4.78 is 18.1.